The molecule has 0 aliphatic carbocycles. The molecule has 3 nitrogen and oxygen atoms in total. The molecule has 1 aromatic carbocycles. The summed E-state index contributed by atoms with van der Waals surface area (Å²) in [7, 11) is 0. The van der Waals surface area contributed by atoms with Crippen LogP contribution in [-0.4, -0.2) is 40.0 Å². The summed E-state index contributed by atoms with van der Waals surface area (Å²) >= 11 is 3.50. The highest BCUT2D eigenvalue weighted by Crippen LogP contribution is 2.34. The highest BCUT2D eigenvalue weighted by molar-refractivity contribution is 9.10. The average Bonchev–Trinajstić information content (AvgIpc) is 2.55. The molecule has 0 spiro atoms. The number of rotatable bonds is 4. The summed E-state index contributed by atoms with van der Waals surface area (Å²) in [6.07, 6.45) is 3.25. The maximum absolute atomic E-state index is 4.45. The first kappa shape index (κ1) is 14.4. The second-order valence-electron chi connectivity index (χ2n) is 6.36. The van der Waals surface area contributed by atoms with E-state index in [0.717, 1.165) is 17.6 Å². The fourth-order valence-electron chi connectivity index (χ4n) is 3.68. The minimum absolute atomic E-state index is 0.714. The van der Waals surface area contributed by atoms with Crippen LogP contribution in [0.5, 0.6) is 0 Å². The number of pyridine rings is 1. The molecular weight excluding hydrogens is 338 g/mol. The van der Waals surface area contributed by atoms with E-state index in [2.05, 4.69) is 67.1 Å². The van der Waals surface area contributed by atoms with Crippen LogP contribution < -0.4 is 0 Å². The first-order valence-corrected chi connectivity index (χ1v) is 8.70. The Kier molecular flexibility index (Phi) is 3.99. The van der Waals surface area contributed by atoms with Gasteiger partial charge in [0.2, 0.25) is 0 Å². The molecule has 3 saturated heterocycles. The zero-order valence-electron chi connectivity index (χ0n) is 12.5. The molecule has 2 atom stereocenters. The molecule has 3 aliphatic heterocycles. The molecule has 5 rings (SSSR count). The van der Waals surface area contributed by atoms with Crippen molar-refractivity contribution in [1.82, 2.24) is 14.8 Å². The Bertz CT molecular complexity index is 617. The van der Waals surface area contributed by atoms with E-state index < -0.39 is 0 Å². The molecule has 2 unspecified atom stereocenters. The van der Waals surface area contributed by atoms with Crippen LogP contribution in [-0.2, 0) is 13.1 Å². The number of benzene rings is 1. The Morgan fingerprint density at radius 1 is 1.00 bits per heavy atom. The Labute approximate surface area is 140 Å². The van der Waals surface area contributed by atoms with E-state index in [0.29, 0.717) is 12.1 Å². The zero-order valence-corrected chi connectivity index (χ0v) is 14.1. The third-order valence-corrected chi connectivity index (χ3v) is 5.34. The highest BCUT2D eigenvalue weighted by Gasteiger charge is 2.44. The van der Waals surface area contributed by atoms with Gasteiger partial charge >= 0.3 is 0 Å². The van der Waals surface area contributed by atoms with Crippen LogP contribution in [0.2, 0.25) is 0 Å². The third kappa shape index (κ3) is 2.96. The summed E-state index contributed by atoms with van der Waals surface area (Å²) in [5, 5.41) is 0. The number of hydrogen-bond donors (Lipinski definition) is 0. The predicted octanol–water partition coefficient (Wildman–Crippen LogP) is 3.30. The molecule has 3 aliphatic rings. The summed E-state index contributed by atoms with van der Waals surface area (Å²) in [5.41, 5.74) is 2.60. The Morgan fingerprint density at radius 2 is 1.77 bits per heavy atom. The lowest BCUT2D eigenvalue weighted by molar-refractivity contribution is -0.0777. The van der Waals surface area contributed by atoms with E-state index in [9.17, 15) is 0 Å². The van der Waals surface area contributed by atoms with Gasteiger partial charge in [-0.25, -0.2) is 0 Å². The van der Waals surface area contributed by atoms with Gasteiger partial charge in [0.05, 0.1) is 5.69 Å². The smallest absolute Gasteiger partial charge is 0.0543 e. The van der Waals surface area contributed by atoms with Gasteiger partial charge in [0.15, 0.2) is 0 Å². The lowest BCUT2D eigenvalue weighted by Crippen LogP contribution is -2.67. The summed E-state index contributed by atoms with van der Waals surface area (Å²) in [4.78, 5) is 9.67. The first-order valence-electron chi connectivity index (χ1n) is 7.90. The van der Waals surface area contributed by atoms with Crippen molar-refractivity contribution in [2.24, 2.45) is 0 Å². The van der Waals surface area contributed by atoms with Crippen molar-refractivity contribution in [2.75, 3.05) is 13.1 Å². The minimum Gasteiger partial charge on any atom is -0.294 e. The summed E-state index contributed by atoms with van der Waals surface area (Å²) in [6, 6.07) is 16.3. The summed E-state index contributed by atoms with van der Waals surface area (Å²) in [6.45, 7) is 4.41. The molecule has 2 bridgehead atoms. The van der Waals surface area contributed by atoms with Gasteiger partial charge in [0.1, 0.15) is 0 Å². The minimum atomic E-state index is 0.714. The third-order valence-electron chi connectivity index (χ3n) is 4.81. The SMILES string of the molecule is Brc1ccc(CN2C3CC2CN(Cc2ccccn2)C3)cc1. The lowest BCUT2D eigenvalue weighted by atomic mass is 9.86. The number of aromatic nitrogens is 1. The molecule has 3 fully saturated rings. The normalized spacial score (nSPS) is 25.0. The van der Waals surface area contributed by atoms with Gasteiger partial charge in [-0.05, 0) is 36.2 Å². The van der Waals surface area contributed by atoms with Crippen LogP contribution in [0.15, 0.2) is 53.1 Å². The Balaban J connectivity index is 1.35. The van der Waals surface area contributed by atoms with E-state index in [1.165, 1.54) is 30.8 Å². The molecule has 22 heavy (non-hydrogen) atoms. The van der Waals surface area contributed by atoms with Crippen LogP contribution in [0.3, 0.4) is 0 Å². The van der Waals surface area contributed by atoms with E-state index >= 15 is 0 Å². The van der Waals surface area contributed by atoms with E-state index in [-0.39, 0.29) is 0 Å². The zero-order chi connectivity index (χ0) is 14.9. The van der Waals surface area contributed by atoms with Crippen molar-refractivity contribution in [3.63, 3.8) is 0 Å². The number of piperidine rings is 1. The van der Waals surface area contributed by atoms with Crippen molar-refractivity contribution in [3.8, 4) is 0 Å². The fraction of sp³-hybridized carbons (Fsp3) is 0.389. The molecule has 0 saturated carbocycles. The maximum atomic E-state index is 4.45. The fourth-order valence-corrected chi connectivity index (χ4v) is 3.95. The predicted molar refractivity (Wildman–Crippen MR) is 91.4 cm³/mol. The van der Waals surface area contributed by atoms with Crippen LogP contribution in [0.1, 0.15) is 17.7 Å². The van der Waals surface area contributed by atoms with Crippen molar-refractivity contribution in [1.29, 1.82) is 0 Å². The molecule has 1 aromatic heterocycles. The van der Waals surface area contributed by atoms with Crippen molar-refractivity contribution in [2.45, 2.75) is 31.6 Å². The van der Waals surface area contributed by atoms with Crippen LogP contribution in [0.4, 0.5) is 0 Å². The van der Waals surface area contributed by atoms with E-state index in [4.69, 9.17) is 0 Å². The summed E-state index contributed by atoms with van der Waals surface area (Å²) < 4.78 is 1.15. The molecule has 114 valence electrons. The molecule has 0 N–H and O–H groups in total. The second kappa shape index (κ2) is 6.11. The van der Waals surface area contributed by atoms with Crippen LogP contribution in [0.25, 0.3) is 0 Å². The molecular formula is C18H20BrN3. The van der Waals surface area contributed by atoms with Gasteiger partial charge in [-0.3, -0.25) is 14.8 Å². The number of nitrogens with zero attached hydrogens (tertiary/aromatic N) is 3. The number of hydrogen-bond acceptors (Lipinski definition) is 3. The largest absolute Gasteiger partial charge is 0.294 e. The molecule has 2 aromatic rings. The monoisotopic (exact) mass is 357 g/mol. The number of halogens is 1. The molecule has 4 heterocycles. The van der Waals surface area contributed by atoms with Crippen molar-refractivity contribution >= 4 is 15.9 Å². The van der Waals surface area contributed by atoms with Gasteiger partial charge in [0, 0.05) is 48.9 Å². The number of fused-ring (bicyclic) bond motifs is 2. The second-order valence-corrected chi connectivity index (χ2v) is 7.27. The number of piperazine rings is 1. The standard InChI is InChI=1S/C18H20BrN3/c19-15-6-4-14(5-7-15)10-22-17-9-18(22)13-21(12-17)11-16-3-1-2-8-20-16/h1-8,17-18H,9-13H2. The lowest BCUT2D eigenvalue weighted by Gasteiger charge is -2.56. The van der Waals surface area contributed by atoms with E-state index in [1.54, 1.807) is 0 Å². The van der Waals surface area contributed by atoms with Gasteiger partial charge in [-0.1, -0.05) is 34.1 Å². The van der Waals surface area contributed by atoms with Crippen molar-refractivity contribution < 1.29 is 0 Å². The maximum Gasteiger partial charge on any atom is 0.0543 e. The topological polar surface area (TPSA) is 19.4 Å². The van der Waals surface area contributed by atoms with Crippen LogP contribution in [0, 0.1) is 0 Å². The first-order chi connectivity index (χ1) is 10.8. The van der Waals surface area contributed by atoms with Gasteiger partial charge in [-0.2, -0.15) is 0 Å². The Morgan fingerprint density at radius 3 is 2.45 bits per heavy atom. The van der Waals surface area contributed by atoms with Gasteiger partial charge < -0.3 is 0 Å². The van der Waals surface area contributed by atoms with Crippen LogP contribution >= 0.6 is 15.9 Å². The molecule has 4 heteroatoms. The Hall–Kier alpha value is -1.23. The molecule has 0 amide bonds. The molecule has 0 radical (unpaired) electrons. The van der Waals surface area contributed by atoms with Gasteiger partial charge in [0.25, 0.3) is 0 Å². The highest BCUT2D eigenvalue weighted by atomic mass is 79.9. The summed E-state index contributed by atoms with van der Waals surface area (Å²) in [5.74, 6) is 0. The van der Waals surface area contributed by atoms with E-state index in [1.807, 2.05) is 12.3 Å². The van der Waals surface area contributed by atoms with Gasteiger partial charge in [-0.15, -0.1) is 0 Å². The van der Waals surface area contributed by atoms with Crippen molar-refractivity contribution in [3.05, 3.63) is 64.4 Å². The average molecular weight is 358 g/mol. The quantitative estimate of drug-likeness (QED) is 0.836.